The van der Waals surface area contributed by atoms with Crippen molar-refractivity contribution in [2.24, 2.45) is 17.3 Å². The predicted octanol–water partition coefficient (Wildman–Crippen LogP) is 3.56. The second-order valence-corrected chi connectivity index (χ2v) is 8.01. The molecule has 19 heavy (non-hydrogen) atoms. The van der Waals surface area contributed by atoms with Gasteiger partial charge in [-0.1, -0.05) is 13.8 Å². The molecule has 0 aromatic carbocycles. The van der Waals surface area contributed by atoms with Crippen LogP contribution < -0.4 is 0 Å². The van der Waals surface area contributed by atoms with Crippen molar-refractivity contribution in [2.75, 3.05) is 0 Å². The Morgan fingerprint density at radius 2 is 2.21 bits per heavy atom. The summed E-state index contributed by atoms with van der Waals surface area (Å²) in [4.78, 5) is 0. The monoisotopic (exact) mass is 276 g/mol. The Hall–Kier alpha value is -0.315. The maximum Gasteiger partial charge on any atom is 0.462 e. The molecule has 2 bridgehead atoms. The van der Waals surface area contributed by atoms with E-state index in [9.17, 15) is 0 Å². The zero-order chi connectivity index (χ0) is 13.3. The first-order valence-electron chi connectivity index (χ1n) is 7.34. The van der Waals surface area contributed by atoms with Crippen LogP contribution in [0.1, 0.15) is 39.2 Å². The molecule has 1 aliphatic heterocycles. The van der Waals surface area contributed by atoms with E-state index in [2.05, 4.69) is 37.6 Å². The van der Waals surface area contributed by atoms with E-state index >= 15 is 0 Å². The highest BCUT2D eigenvalue weighted by atomic mass is 32.1. The van der Waals surface area contributed by atoms with E-state index in [-0.39, 0.29) is 12.7 Å². The van der Waals surface area contributed by atoms with Gasteiger partial charge in [-0.25, -0.2) is 0 Å². The van der Waals surface area contributed by atoms with Crippen LogP contribution in [0.15, 0.2) is 16.8 Å². The topological polar surface area (TPSA) is 18.5 Å². The molecular weight excluding hydrogens is 255 g/mol. The fraction of sp³-hybridized carbons (Fsp3) is 0.733. The fourth-order valence-electron chi connectivity index (χ4n) is 4.64. The number of thiophene rings is 1. The molecule has 5 rings (SSSR count). The minimum absolute atomic E-state index is 0.0419. The van der Waals surface area contributed by atoms with Crippen molar-refractivity contribution in [2.45, 2.75) is 51.6 Å². The van der Waals surface area contributed by atoms with Crippen molar-refractivity contribution < 1.29 is 9.31 Å². The highest BCUT2D eigenvalue weighted by molar-refractivity contribution is 7.08. The molecule has 0 unspecified atom stereocenters. The Morgan fingerprint density at radius 3 is 2.89 bits per heavy atom. The summed E-state index contributed by atoms with van der Waals surface area (Å²) in [6.07, 6.45) is 3.72. The maximum absolute atomic E-state index is 6.39. The Morgan fingerprint density at radius 1 is 1.37 bits per heavy atom. The number of rotatable bonds is 2. The largest absolute Gasteiger partial charge is 0.462 e. The minimum Gasteiger partial charge on any atom is -0.405 e. The summed E-state index contributed by atoms with van der Waals surface area (Å²) in [5.74, 6) is 1.50. The van der Waals surface area contributed by atoms with E-state index in [4.69, 9.17) is 9.31 Å². The molecule has 1 saturated heterocycles. The average Bonchev–Trinajstić information content (AvgIpc) is 2.94. The molecule has 0 spiro atoms. The third-order valence-corrected chi connectivity index (χ3v) is 6.72. The van der Waals surface area contributed by atoms with E-state index < -0.39 is 0 Å². The smallest absolute Gasteiger partial charge is 0.405 e. The lowest BCUT2D eigenvalue weighted by Crippen LogP contribution is -2.65. The van der Waals surface area contributed by atoms with Crippen LogP contribution in [0.4, 0.5) is 0 Å². The van der Waals surface area contributed by atoms with Gasteiger partial charge in [-0.3, -0.25) is 0 Å². The molecule has 1 aromatic heterocycles. The van der Waals surface area contributed by atoms with Crippen molar-refractivity contribution in [3.8, 4) is 0 Å². The van der Waals surface area contributed by atoms with Crippen molar-refractivity contribution in [1.29, 1.82) is 0 Å². The van der Waals surface area contributed by atoms with Crippen LogP contribution in [0.3, 0.4) is 0 Å². The maximum atomic E-state index is 6.39. The van der Waals surface area contributed by atoms with Gasteiger partial charge in [0.15, 0.2) is 0 Å². The molecule has 1 aromatic rings. The van der Waals surface area contributed by atoms with Gasteiger partial charge in [-0.05, 0) is 59.4 Å². The van der Waals surface area contributed by atoms with E-state index in [0.717, 1.165) is 12.2 Å². The van der Waals surface area contributed by atoms with Crippen molar-refractivity contribution in [3.05, 3.63) is 22.4 Å². The van der Waals surface area contributed by atoms with E-state index in [0.29, 0.717) is 17.4 Å². The van der Waals surface area contributed by atoms with Crippen molar-refractivity contribution in [3.63, 3.8) is 0 Å². The molecule has 0 amide bonds. The van der Waals surface area contributed by atoms with Crippen LogP contribution >= 0.6 is 11.3 Å². The first kappa shape index (κ1) is 12.4. The van der Waals surface area contributed by atoms with Gasteiger partial charge in [-0.2, -0.15) is 11.3 Å². The second kappa shape index (κ2) is 3.87. The first-order valence-corrected chi connectivity index (χ1v) is 8.29. The summed E-state index contributed by atoms with van der Waals surface area (Å²) in [5, 5.41) is 4.32. The van der Waals surface area contributed by atoms with E-state index in [1.54, 1.807) is 11.3 Å². The highest BCUT2D eigenvalue weighted by Crippen LogP contribution is 2.65. The SMILES string of the molecule is CC1(C)[C@@H]2C[C@H]3OB(Cc4ccsc4)O[C@@]3(C)[C@H]1C2. The first-order chi connectivity index (χ1) is 9.00. The van der Waals surface area contributed by atoms with Gasteiger partial charge in [-0.15, -0.1) is 0 Å². The normalized spacial score (nSPS) is 42.9. The molecule has 4 atom stereocenters. The molecule has 2 heterocycles. The highest BCUT2D eigenvalue weighted by Gasteiger charge is 2.67. The third kappa shape index (κ3) is 1.63. The molecular formula is C15H21BO2S. The summed E-state index contributed by atoms with van der Waals surface area (Å²) in [6, 6.07) is 2.17. The van der Waals surface area contributed by atoms with Crippen LogP contribution in [0, 0.1) is 17.3 Å². The lowest BCUT2D eigenvalue weighted by Gasteiger charge is -2.64. The quantitative estimate of drug-likeness (QED) is 0.769. The second-order valence-electron chi connectivity index (χ2n) is 7.23. The predicted molar refractivity (Wildman–Crippen MR) is 78.1 cm³/mol. The van der Waals surface area contributed by atoms with E-state index in [1.807, 2.05) is 0 Å². The van der Waals surface area contributed by atoms with Gasteiger partial charge >= 0.3 is 7.12 Å². The summed E-state index contributed by atoms with van der Waals surface area (Å²) < 4.78 is 12.6. The summed E-state index contributed by atoms with van der Waals surface area (Å²) in [6.45, 7) is 7.10. The van der Waals surface area contributed by atoms with Crippen LogP contribution in [0.5, 0.6) is 0 Å². The minimum atomic E-state index is -0.0566. The summed E-state index contributed by atoms with van der Waals surface area (Å²) in [5.41, 5.74) is 1.72. The lowest BCUT2D eigenvalue weighted by molar-refractivity contribution is -0.199. The summed E-state index contributed by atoms with van der Waals surface area (Å²) >= 11 is 1.74. The molecule has 2 nitrogen and oxygen atoms in total. The molecule has 3 aliphatic carbocycles. The van der Waals surface area contributed by atoms with Crippen LogP contribution in [0.25, 0.3) is 0 Å². The van der Waals surface area contributed by atoms with E-state index in [1.165, 1.54) is 18.4 Å². The molecule has 4 heteroatoms. The Bertz CT molecular complexity index is 486. The number of hydrogen-bond donors (Lipinski definition) is 0. The lowest BCUT2D eigenvalue weighted by atomic mass is 9.43. The average molecular weight is 276 g/mol. The van der Waals surface area contributed by atoms with Crippen LogP contribution in [-0.2, 0) is 15.6 Å². The fourth-order valence-corrected chi connectivity index (χ4v) is 5.32. The van der Waals surface area contributed by atoms with Gasteiger partial charge in [0.05, 0.1) is 11.7 Å². The Labute approximate surface area is 119 Å². The summed E-state index contributed by atoms with van der Waals surface area (Å²) in [7, 11) is -0.0419. The van der Waals surface area contributed by atoms with Gasteiger partial charge in [0, 0.05) is 6.32 Å². The van der Waals surface area contributed by atoms with Crippen molar-refractivity contribution in [1.82, 2.24) is 0 Å². The molecule has 3 saturated carbocycles. The Kier molecular flexibility index (Phi) is 2.53. The molecule has 4 fully saturated rings. The van der Waals surface area contributed by atoms with Crippen molar-refractivity contribution >= 4 is 18.5 Å². The molecule has 0 N–H and O–H groups in total. The molecule has 4 aliphatic rings. The van der Waals surface area contributed by atoms with Gasteiger partial charge < -0.3 is 9.31 Å². The standard InChI is InChI=1S/C15H21BO2S/c1-14(2)11-6-12(14)15(3)13(7-11)17-16(18-15)8-10-4-5-19-9-10/h4-5,9,11-13H,6-8H2,1-3H3/t11-,12-,13+,15-/m0/s1. The van der Waals surface area contributed by atoms with Gasteiger partial charge in [0.25, 0.3) is 0 Å². The van der Waals surface area contributed by atoms with Crippen LogP contribution in [-0.4, -0.2) is 18.8 Å². The Balaban J connectivity index is 1.54. The third-order valence-electron chi connectivity index (χ3n) is 5.98. The van der Waals surface area contributed by atoms with Crippen LogP contribution in [0.2, 0.25) is 0 Å². The molecule has 102 valence electrons. The zero-order valence-electron chi connectivity index (χ0n) is 11.9. The zero-order valence-corrected chi connectivity index (χ0v) is 12.7. The van der Waals surface area contributed by atoms with Gasteiger partial charge in [0.2, 0.25) is 0 Å². The molecule has 0 radical (unpaired) electrons. The van der Waals surface area contributed by atoms with Gasteiger partial charge in [0.1, 0.15) is 0 Å². The number of hydrogen-bond acceptors (Lipinski definition) is 3.